The predicted molar refractivity (Wildman–Crippen MR) is 145 cm³/mol. The minimum Gasteiger partial charge on any atom is -0.378 e. The maximum absolute atomic E-state index is 15.0. The van der Waals surface area contributed by atoms with Gasteiger partial charge in [-0.3, -0.25) is 14.5 Å². The summed E-state index contributed by atoms with van der Waals surface area (Å²) < 4.78 is 20.5. The average molecular weight is 529 g/mol. The molecule has 1 aromatic rings. The molecule has 0 radical (unpaired) electrons. The van der Waals surface area contributed by atoms with Gasteiger partial charge in [0.2, 0.25) is 5.91 Å². The lowest BCUT2D eigenvalue weighted by Crippen LogP contribution is -2.51. The SMILES string of the molecule is O=C(C1CC1)N1CCC(C2NOC(c3ccc(F)c(N4CCOCC4)c3)N2C2CCCCCCCC2)CC1. The van der Waals surface area contributed by atoms with E-state index in [2.05, 4.69) is 20.2 Å². The van der Waals surface area contributed by atoms with Crippen LogP contribution >= 0.6 is 0 Å². The number of hydrogen-bond donors (Lipinski definition) is 1. The van der Waals surface area contributed by atoms with Gasteiger partial charge in [0, 0.05) is 38.1 Å². The van der Waals surface area contributed by atoms with Gasteiger partial charge in [-0.1, -0.05) is 44.6 Å². The molecular formula is C30H45FN4O3. The molecule has 5 fully saturated rings. The number of nitrogens with one attached hydrogen (secondary N) is 1. The van der Waals surface area contributed by atoms with Crippen molar-refractivity contribution in [1.29, 1.82) is 0 Å². The van der Waals surface area contributed by atoms with Crippen molar-refractivity contribution in [2.75, 3.05) is 44.3 Å². The zero-order valence-electron chi connectivity index (χ0n) is 22.8. The molecule has 1 aromatic carbocycles. The van der Waals surface area contributed by atoms with Crippen LogP contribution < -0.4 is 10.4 Å². The highest BCUT2D eigenvalue weighted by molar-refractivity contribution is 5.81. The summed E-state index contributed by atoms with van der Waals surface area (Å²) in [6.45, 7) is 4.36. The largest absolute Gasteiger partial charge is 0.378 e. The number of morpholine rings is 1. The third-order valence-electron chi connectivity index (χ3n) is 9.47. The number of halogens is 1. The molecule has 7 nitrogen and oxygen atoms in total. The lowest BCUT2D eigenvalue weighted by atomic mass is 9.90. The maximum Gasteiger partial charge on any atom is 0.225 e. The third-order valence-corrected chi connectivity index (χ3v) is 9.47. The van der Waals surface area contributed by atoms with Crippen LogP contribution in [0.15, 0.2) is 18.2 Å². The van der Waals surface area contributed by atoms with Crippen molar-refractivity contribution in [3.05, 3.63) is 29.6 Å². The molecule has 3 aliphatic heterocycles. The lowest BCUT2D eigenvalue weighted by molar-refractivity contribution is -0.134. The average Bonchev–Trinajstić information content (AvgIpc) is 3.69. The summed E-state index contributed by atoms with van der Waals surface area (Å²) in [5, 5.41) is 0. The summed E-state index contributed by atoms with van der Waals surface area (Å²) in [6.07, 6.45) is 14.1. The first-order valence-corrected chi connectivity index (χ1v) is 15.3. The minimum atomic E-state index is -0.239. The number of ether oxygens (including phenoxy) is 1. The van der Waals surface area contributed by atoms with Crippen molar-refractivity contribution < 1.29 is 18.8 Å². The van der Waals surface area contributed by atoms with Gasteiger partial charge in [-0.15, -0.1) is 0 Å². The Kier molecular flexibility index (Phi) is 8.50. The third kappa shape index (κ3) is 5.88. The highest BCUT2D eigenvalue weighted by Gasteiger charge is 2.45. The summed E-state index contributed by atoms with van der Waals surface area (Å²) in [4.78, 5) is 25.9. The normalized spacial score (nSPS) is 29.2. The van der Waals surface area contributed by atoms with Crippen LogP contribution in [0.4, 0.5) is 10.1 Å². The Balaban J connectivity index is 1.23. The molecule has 210 valence electrons. The highest BCUT2D eigenvalue weighted by Crippen LogP contribution is 2.41. The highest BCUT2D eigenvalue weighted by atomic mass is 19.1. The molecule has 2 saturated carbocycles. The number of anilines is 1. The van der Waals surface area contributed by atoms with Crippen molar-refractivity contribution >= 4 is 11.6 Å². The Bertz CT molecular complexity index is 935. The summed E-state index contributed by atoms with van der Waals surface area (Å²) in [6, 6.07) is 5.96. The second-order valence-electron chi connectivity index (χ2n) is 12.1. The van der Waals surface area contributed by atoms with E-state index in [9.17, 15) is 9.18 Å². The molecule has 3 saturated heterocycles. The van der Waals surface area contributed by atoms with Gasteiger partial charge < -0.3 is 14.5 Å². The van der Waals surface area contributed by atoms with Gasteiger partial charge in [0.25, 0.3) is 0 Å². The Labute approximate surface area is 226 Å². The van der Waals surface area contributed by atoms with Crippen molar-refractivity contribution in [1.82, 2.24) is 15.3 Å². The Morgan fingerprint density at radius 2 is 1.55 bits per heavy atom. The number of benzene rings is 1. The first kappa shape index (κ1) is 26.5. The second kappa shape index (κ2) is 12.2. The number of likely N-dealkylation sites (tertiary alicyclic amines) is 1. The Morgan fingerprint density at radius 1 is 0.868 bits per heavy atom. The molecular weight excluding hydrogens is 483 g/mol. The van der Waals surface area contributed by atoms with Crippen molar-refractivity contribution in [3.8, 4) is 0 Å². The van der Waals surface area contributed by atoms with E-state index >= 15 is 0 Å². The monoisotopic (exact) mass is 528 g/mol. The maximum atomic E-state index is 15.0. The molecule has 0 aromatic heterocycles. The number of carbonyl (C=O) groups is 1. The van der Waals surface area contributed by atoms with E-state index < -0.39 is 0 Å². The van der Waals surface area contributed by atoms with E-state index in [1.165, 1.54) is 51.4 Å². The van der Waals surface area contributed by atoms with Gasteiger partial charge in [-0.25, -0.2) is 4.39 Å². The van der Waals surface area contributed by atoms with E-state index in [1.807, 2.05) is 12.1 Å². The predicted octanol–water partition coefficient (Wildman–Crippen LogP) is 4.98. The number of amides is 1. The van der Waals surface area contributed by atoms with Crippen LogP contribution in [-0.4, -0.2) is 67.3 Å². The van der Waals surface area contributed by atoms with Gasteiger partial charge in [0.15, 0.2) is 6.23 Å². The van der Waals surface area contributed by atoms with Gasteiger partial charge in [-0.2, -0.15) is 5.48 Å². The quantitative estimate of drug-likeness (QED) is 0.582. The van der Waals surface area contributed by atoms with Crippen molar-refractivity contribution in [2.24, 2.45) is 11.8 Å². The van der Waals surface area contributed by atoms with Crippen LogP contribution in [0.1, 0.15) is 88.8 Å². The number of rotatable bonds is 5. The number of hydroxylamine groups is 1. The summed E-state index contributed by atoms with van der Waals surface area (Å²) in [5.41, 5.74) is 5.13. The van der Waals surface area contributed by atoms with Crippen LogP contribution in [0.2, 0.25) is 0 Å². The van der Waals surface area contributed by atoms with E-state index in [-0.39, 0.29) is 18.2 Å². The molecule has 2 aliphatic carbocycles. The van der Waals surface area contributed by atoms with Gasteiger partial charge in [0.05, 0.1) is 25.1 Å². The molecule has 6 rings (SSSR count). The minimum absolute atomic E-state index is 0.112. The van der Waals surface area contributed by atoms with E-state index in [0.29, 0.717) is 55.8 Å². The molecule has 1 amide bonds. The van der Waals surface area contributed by atoms with Crippen LogP contribution in [0.25, 0.3) is 0 Å². The van der Waals surface area contributed by atoms with Crippen LogP contribution in [-0.2, 0) is 14.4 Å². The van der Waals surface area contributed by atoms with Gasteiger partial charge >= 0.3 is 0 Å². The fourth-order valence-corrected chi connectivity index (χ4v) is 7.06. The number of nitrogens with zero attached hydrogens (tertiary/aromatic N) is 3. The molecule has 2 atom stereocenters. The summed E-state index contributed by atoms with van der Waals surface area (Å²) in [5.74, 6) is 0.903. The second-order valence-corrected chi connectivity index (χ2v) is 12.1. The fourth-order valence-electron chi connectivity index (χ4n) is 7.06. The van der Waals surface area contributed by atoms with Gasteiger partial charge in [-0.05, 0) is 62.1 Å². The van der Waals surface area contributed by atoms with E-state index in [1.54, 1.807) is 6.07 Å². The van der Waals surface area contributed by atoms with Crippen LogP contribution in [0.5, 0.6) is 0 Å². The summed E-state index contributed by atoms with van der Waals surface area (Å²) >= 11 is 0. The van der Waals surface area contributed by atoms with Crippen LogP contribution in [0.3, 0.4) is 0 Å². The Morgan fingerprint density at radius 3 is 2.24 bits per heavy atom. The zero-order valence-corrected chi connectivity index (χ0v) is 22.8. The number of hydrogen-bond acceptors (Lipinski definition) is 6. The summed E-state index contributed by atoms with van der Waals surface area (Å²) in [7, 11) is 0. The Hall–Kier alpha value is -1.74. The first-order chi connectivity index (χ1) is 18.7. The topological polar surface area (TPSA) is 57.3 Å². The van der Waals surface area contributed by atoms with Crippen LogP contribution in [0, 0.1) is 17.7 Å². The van der Waals surface area contributed by atoms with Crippen molar-refractivity contribution in [3.63, 3.8) is 0 Å². The molecule has 3 heterocycles. The van der Waals surface area contributed by atoms with Gasteiger partial charge in [0.1, 0.15) is 5.82 Å². The number of piperidine rings is 1. The molecule has 1 N–H and O–H groups in total. The fraction of sp³-hybridized carbons (Fsp3) is 0.767. The molecule has 5 aliphatic rings. The zero-order chi connectivity index (χ0) is 25.9. The van der Waals surface area contributed by atoms with E-state index in [4.69, 9.17) is 9.57 Å². The molecule has 8 heteroatoms. The van der Waals surface area contributed by atoms with Crippen molar-refractivity contribution in [2.45, 2.75) is 95.5 Å². The molecule has 2 unspecified atom stereocenters. The molecule has 38 heavy (non-hydrogen) atoms. The number of carbonyl (C=O) groups excluding carboxylic acids is 1. The smallest absolute Gasteiger partial charge is 0.225 e. The standard InChI is InChI=1S/C30H45FN4O3/c31-26-12-11-24(21-27(26)33-17-19-37-20-18-33)30-35(25-7-5-3-1-2-4-6-8-25)28(32-38-30)22-13-15-34(16-14-22)29(36)23-9-10-23/h11-12,21-23,25,28,30,32H,1-10,13-20H2. The lowest BCUT2D eigenvalue weighted by Gasteiger charge is -2.41. The molecule has 0 spiro atoms. The van der Waals surface area contributed by atoms with E-state index in [0.717, 1.165) is 44.3 Å². The first-order valence-electron chi connectivity index (χ1n) is 15.3. The molecule has 0 bridgehead atoms.